The number of nitrogens with zero attached hydrogens (tertiary/aromatic N) is 1. The number of nitrogens with one attached hydrogen (secondary N) is 1. The van der Waals surface area contributed by atoms with Crippen LogP contribution in [0.3, 0.4) is 0 Å². The average molecular weight is 244 g/mol. The second-order valence-corrected chi connectivity index (χ2v) is 5.23. The third-order valence-electron chi connectivity index (χ3n) is 3.60. The highest BCUT2D eigenvalue weighted by atomic mass is 16.3. The zero-order valence-corrected chi connectivity index (χ0v) is 11.1. The highest BCUT2D eigenvalue weighted by Crippen LogP contribution is 2.14. The van der Waals surface area contributed by atoms with E-state index < -0.39 is 0 Å². The molecule has 2 saturated heterocycles. The molecule has 0 amide bonds. The fourth-order valence-corrected chi connectivity index (χ4v) is 2.23. The molecule has 0 bridgehead atoms. The first-order valence-electron chi connectivity index (χ1n) is 6.94. The minimum Gasteiger partial charge on any atom is -0.395 e. The summed E-state index contributed by atoms with van der Waals surface area (Å²) < 4.78 is 0. The van der Waals surface area contributed by atoms with Crippen LogP contribution in [-0.2, 0) is 0 Å². The van der Waals surface area contributed by atoms with Crippen LogP contribution in [0, 0.1) is 5.92 Å². The molecule has 3 N–H and O–H groups in total. The SMILES string of the molecule is CC1CCN(CCO)CC1.OC1CCNCC1. The van der Waals surface area contributed by atoms with E-state index >= 15 is 0 Å². The van der Waals surface area contributed by atoms with E-state index in [1.165, 1.54) is 25.9 Å². The summed E-state index contributed by atoms with van der Waals surface area (Å²) in [5, 5.41) is 20.7. The molecule has 4 heteroatoms. The van der Waals surface area contributed by atoms with Gasteiger partial charge in [0, 0.05) is 6.54 Å². The molecule has 0 spiro atoms. The van der Waals surface area contributed by atoms with Gasteiger partial charge in [-0.1, -0.05) is 6.92 Å². The second kappa shape index (κ2) is 8.86. The Morgan fingerprint density at radius 1 is 1.12 bits per heavy atom. The van der Waals surface area contributed by atoms with Gasteiger partial charge in [0.2, 0.25) is 0 Å². The van der Waals surface area contributed by atoms with Crippen LogP contribution in [0.4, 0.5) is 0 Å². The van der Waals surface area contributed by atoms with Gasteiger partial charge in [-0.2, -0.15) is 0 Å². The Morgan fingerprint density at radius 2 is 1.71 bits per heavy atom. The highest BCUT2D eigenvalue weighted by Gasteiger charge is 2.14. The van der Waals surface area contributed by atoms with Crippen molar-refractivity contribution in [1.29, 1.82) is 0 Å². The van der Waals surface area contributed by atoms with Gasteiger partial charge >= 0.3 is 0 Å². The molecule has 0 atom stereocenters. The van der Waals surface area contributed by atoms with E-state index in [-0.39, 0.29) is 6.10 Å². The van der Waals surface area contributed by atoms with Crippen molar-refractivity contribution in [2.45, 2.75) is 38.7 Å². The Kier molecular flexibility index (Phi) is 7.77. The van der Waals surface area contributed by atoms with Gasteiger partial charge in [-0.3, -0.25) is 0 Å². The Hall–Kier alpha value is -0.160. The maximum Gasteiger partial charge on any atom is 0.0564 e. The molecule has 2 rings (SSSR count). The topological polar surface area (TPSA) is 55.7 Å². The number of aliphatic hydroxyl groups is 2. The number of β-amino-alcohol motifs (C(OH)–C–C–N with tert-alkyl or cyclic N) is 1. The Balaban J connectivity index is 0.000000181. The number of rotatable bonds is 2. The van der Waals surface area contributed by atoms with Gasteiger partial charge in [-0.05, 0) is 57.8 Å². The lowest BCUT2D eigenvalue weighted by molar-refractivity contribution is 0.137. The molecule has 0 unspecified atom stereocenters. The third-order valence-corrected chi connectivity index (χ3v) is 3.60. The summed E-state index contributed by atoms with van der Waals surface area (Å²) in [4.78, 5) is 2.33. The number of aliphatic hydroxyl groups excluding tert-OH is 2. The Labute approximate surface area is 105 Å². The molecule has 17 heavy (non-hydrogen) atoms. The van der Waals surface area contributed by atoms with Crippen molar-refractivity contribution in [2.24, 2.45) is 5.92 Å². The minimum absolute atomic E-state index is 0.0266. The van der Waals surface area contributed by atoms with Crippen LogP contribution >= 0.6 is 0 Å². The number of hydrogen-bond acceptors (Lipinski definition) is 4. The molecule has 2 fully saturated rings. The van der Waals surface area contributed by atoms with Gasteiger partial charge in [-0.25, -0.2) is 0 Å². The molecule has 0 aliphatic carbocycles. The number of piperidine rings is 2. The first-order valence-corrected chi connectivity index (χ1v) is 6.94. The summed E-state index contributed by atoms with van der Waals surface area (Å²) in [6.07, 6.45) is 4.45. The summed E-state index contributed by atoms with van der Waals surface area (Å²) in [5.74, 6) is 0.898. The van der Waals surface area contributed by atoms with Crippen molar-refractivity contribution in [2.75, 3.05) is 39.3 Å². The average Bonchev–Trinajstić information content (AvgIpc) is 2.34. The standard InChI is InChI=1S/C8H17NO.C5H11NO/c1-8-2-4-9(5-3-8)6-7-10;7-5-1-3-6-4-2-5/h8,10H,2-7H2,1H3;5-7H,1-4H2. The summed E-state index contributed by atoms with van der Waals surface area (Å²) in [6.45, 7) is 7.82. The van der Waals surface area contributed by atoms with Crippen LogP contribution in [0.5, 0.6) is 0 Å². The Bertz CT molecular complexity index is 176. The zero-order valence-electron chi connectivity index (χ0n) is 11.1. The van der Waals surface area contributed by atoms with Crippen LogP contribution in [0.2, 0.25) is 0 Å². The normalized spacial score (nSPS) is 24.2. The van der Waals surface area contributed by atoms with Crippen molar-refractivity contribution in [1.82, 2.24) is 10.2 Å². The van der Waals surface area contributed by atoms with E-state index in [9.17, 15) is 0 Å². The molecule has 2 aliphatic rings. The third kappa shape index (κ3) is 6.99. The van der Waals surface area contributed by atoms with Gasteiger partial charge < -0.3 is 20.4 Å². The molecule has 2 heterocycles. The molecule has 0 saturated carbocycles. The molecule has 0 aromatic heterocycles. The van der Waals surface area contributed by atoms with Gasteiger partial charge in [0.15, 0.2) is 0 Å². The van der Waals surface area contributed by atoms with Crippen molar-refractivity contribution < 1.29 is 10.2 Å². The van der Waals surface area contributed by atoms with E-state index in [0.717, 1.165) is 38.4 Å². The van der Waals surface area contributed by atoms with Crippen molar-refractivity contribution in [3.8, 4) is 0 Å². The first kappa shape index (κ1) is 14.9. The molecule has 102 valence electrons. The van der Waals surface area contributed by atoms with Gasteiger partial charge in [-0.15, -0.1) is 0 Å². The number of hydrogen-bond donors (Lipinski definition) is 3. The smallest absolute Gasteiger partial charge is 0.0564 e. The van der Waals surface area contributed by atoms with E-state index in [4.69, 9.17) is 10.2 Å². The second-order valence-electron chi connectivity index (χ2n) is 5.23. The summed E-state index contributed by atoms with van der Waals surface area (Å²) in [5.41, 5.74) is 0. The lowest BCUT2D eigenvalue weighted by Crippen LogP contribution is -2.34. The number of likely N-dealkylation sites (tertiary alicyclic amines) is 1. The lowest BCUT2D eigenvalue weighted by Gasteiger charge is -2.29. The fourth-order valence-electron chi connectivity index (χ4n) is 2.23. The van der Waals surface area contributed by atoms with Gasteiger partial charge in [0.25, 0.3) is 0 Å². The molecular formula is C13H28N2O2. The first-order chi connectivity index (χ1) is 8.22. The molecule has 0 aromatic carbocycles. The summed E-state index contributed by atoms with van der Waals surface area (Å²) >= 11 is 0. The monoisotopic (exact) mass is 244 g/mol. The van der Waals surface area contributed by atoms with Crippen LogP contribution in [0.15, 0.2) is 0 Å². The largest absolute Gasteiger partial charge is 0.395 e. The molecule has 2 aliphatic heterocycles. The minimum atomic E-state index is -0.0266. The summed E-state index contributed by atoms with van der Waals surface area (Å²) in [6, 6.07) is 0. The maximum atomic E-state index is 8.87. The lowest BCUT2D eigenvalue weighted by atomic mass is 9.99. The Morgan fingerprint density at radius 3 is 2.12 bits per heavy atom. The van der Waals surface area contributed by atoms with Crippen molar-refractivity contribution in [3.63, 3.8) is 0 Å². The van der Waals surface area contributed by atoms with Gasteiger partial charge in [0.05, 0.1) is 12.7 Å². The van der Waals surface area contributed by atoms with Crippen LogP contribution in [0.25, 0.3) is 0 Å². The summed E-state index contributed by atoms with van der Waals surface area (Å²) in [7, 11) is 0. The van der Waals surface area contributed by atoms with Crippen LogP contribution in [-0.4, -0.2) is 60.5 Å². The highest BCUT2D eigenvalue weighted by molar-refractivity contribution is 4.68. The van der Waals surface area contributed by atoms with E-state index in [1.54, 1.807) is 0 Å². The predicted molar refractivity (Wildman–Crippen MR) is 70.0 cm³/mol. The van der Waals surface area contributed by atoms with Gasteiger partial charge in [0.1, 0.15) is 0 Å². The van der Waals surface area contributed by atoms with Crippen molar-refractivity contribution in [3.05, 3.63) is 0 Å². The van der Waals surface area contributed by atoms with E-state index in [1.807, 2.05) is 0 Å². The molecule has 0 aromatic rings. The fraction of sp³-hybridized carbons (Fsp3) is 1.00. The zero-order chi connectivity index (χ0) is 12.5. The maximum absolute atomic E-state index is 8.87. The molecule has 0 radical (unpaired) electrons. The van der Waals surface area contributed by atoms with Crippen LogP contribution < -0.4 is 5.32 Å². The quantitative estimate of drug-likeness (QED) is 0.660. The molecule has 4 nitrogen and oxygen atoms in total. The van der Waals surface area contributed by atoms with E-state index in [0.29, 0.717) is 6.61 Å². The van der Waals surface area contributed by atoms with Crippen LogP contribution in [0.1, 0.15) is 32.6 Å². The predicted octanol–water partition coefficient (Wildman–Crippen LogP) is 0.441. The van der Waals surface area contributed by atoms with Crippen molar-refractivity contribution >= 4 is 0 Å². The molecular weight excluding hydrogens is 216 g/mol. The van der Waals surface area contributed by atoms with E-state index in [2.05, 4.69) is 17.1 Å².